The van der Waals surface area contributed by atoms with Crippen LogP contribution in [0.25, 0.3) is 10.9 Å². The fraction of sp³-hybridized carbons (Fsp3) is 0.250. The molecule has 0 fully saturated rings. The Morgan fingerprint density at radius 1 is 1.44 bits per heavy atom. The zero-order valence-electron chi connectivity index (χ0n) is 9.11. The number of hydrogen-bond acceptors (Lipinski definition) is 2. The molecule has 1 unspecified atom stereocenters. The zero-order chi connectivity index (χ0) is 11.9. The van der Waals surface area contributed by atoms with Gasteiger partial charge in [-0.2, -0.15) is 0 Å². The topological polar surface area (TPSA) is 73.3 Å². The van der Waals surface area contributed by atoms with E-state index >= 15 is 0 Å². The molecule has 1 aromatic carbocycles. The maximum Gasteiger partial charge on any atom is 0.335 e. The van der Waals surface area contributed by atoms with Crippen LogP contribution in [-0.4, -0.2) is 21.2 Å². The second kappa shape index (κ2) is 3.64. The number of nitrogens with one attached hydrogen (secondary N) is 1. The first-order valence-electron chi connectivity index (χ1n) is 5.03. The van der Waals surface area contributed by atoms with Gasteiger partial charge in [-0.3, -0.25) is 0 Å². The van der Waals surface area contributed by atoms with E-state index in [0.29, 0.717) is 5.56 Å². The molecule has 1 heterocycles. The molecule has 0 aliphatic carbocycles. The smallest absolute Gasteiger partial charge is 0.335 e. The molecule has 1 atom stereocenters. The maximum absolute atomic E-state index is 11.0. The van der Waals surface area contributed by atoms with E-state index in [-0.39, 0.29) is 5.56 Å². The van der Waals surface area contributed by atoms with Crippen LogP contribution >= 0.6 is 0 Å². The van der Waals surface area contributed by atoms with Crippen LogP contribution in [0.2, 0.25) is 0 Å². The van der Waals surface area contributed by atoms with Crippen LogP contribution in [-0.2, 0) is 0 Å². The van der Waals surface area contributed by atoms with Gasteiger partial charge in [0.05, 0.1) is 11.7 Å². The third kappa shape index (κ3) is 1.57. The van der Waals surface area contributed by atoms with Crippen LogP contribution in [0.3, 0.4) is 0 Å². The van der Waals surface area contributed by atoms with E-state index in [0.717, 1.165) is 16.5 Å². The highest BCUT2D eigenvalue weighted by molar-refractivity contribution is 5.96. The number of hydrogen-bond donors (Lipinski definition) is 3. The summed E-state index contributed by atoms with van der Waals surface area (Å²) < 4.78 is 0. The minimum atomic E-state index is -0.947. The van der Waals surface area contributed by atoms with Crippen molar-refractivity contribution in [3.63, 3.8) is 0 Å². The van der Waals surface area contributed by atoms with Crippen molar-refractivity contribution in [3.05, 3.63) is 35.0 Å². The zero-order valence-corrected chi connectivity index (χ0v) is 9.11. The number of carboxylic acid groups (broad SMARTS) is 1. The number of aromatic amines is 1. The highest BCUT2D eigenvalue weighted by Crippen LogP contribution is 2.26. The Balaban J connectivity index is 2.74. The number of aromatic nitrogens is 1. The predicted octanol–water partition coefficient (Wildman–Crippen LogP) is 2.23. The molecule has 0 saturated carbocycles. The van der Waals surface area contributed by atoms with E-state index in [1.165, 1.54) is 0 Å². The molecule has 1 aromatic heterocycles. The summed E-state index contributed by atoms with van der Waals surface area (Å²) in [5.41, 5.74) is 2.55. The van der Waals surface area contributed by atoms with E-state index in [1.807, 2.05) is 0 Å². The first kappa shape index (κ1) is 10.7. The second-order valence-corrected chi connectivity index (χ2v) is 3.94. The fourth-order valence-electron chi connectivity index (χ4n) is 1.88. The fourth-order valence-corrected chi connectivity index (χ4v) is 1.88. The summed E-state index contributed by atoms with van der Waals surface area (Å²) in [5.74, 6) is -0.947. The molecule has 0 radical (unpaired) electrons. The van der Waals surface area contributed by atoms with Crippen LogP contribution in [0.1, 0.15) is 34.5 Å². The maximum atomic E-state index is 11.0. The summed E-state index contributed by atoms with van der Waals surface area (Å²) in [6.45, 7) is 3.41. The first-order chi connectivity index (χ1) is 7.50. The third-order valence-corrected chi connectivity index (χ3v) is 2.74. The Kier molecular flexibility index (Phi) is 2.44. The summed E-state index contributed by atoms with van der Waals surface area (Å²) in [4.78, 5) is 14.0. The van der Waals surface area contributed by atoms with Gasteiger partial charge in [-0.05, 0) is 31.5 Å². The first-order valence-corrected chi connectivity index (χ1v) is 5.03. The minimum Gasteiger partial charge on any atom is -0.478 e. The van der Waals surface area contributed by atoms with Crippen LogP contribution < -0.4 is 0 Å². The molecule has 2 aromatic rings. The monoisotopic (exact) mass is 219 g/mol. The number of aromatic carboxylic acids is 1. The molecule has 2 rings (SSSR count). The van der Waals surface area contributed by atoms with Gasteiger partial charge in [0.2, 0.25) is 0 Å². The number of fused-ring (bicyclic) bond motifs is 1. The van der Waals surface area contributed by atoms with Gasteiger partial charge in [0.1, 0.15) is 0 Å². The Morgan fingerprint density at radius 3 is 2.69 bits per heavy atom. The van der Waals surface area contributed by atoms with Crippen molar-refractivity contribution in [2.75, 3.05) is 0 Å². The molecular formula is C12H13NO3. The van der Waals surface area contributed by atoms with Crippen molar-refractivity contribution in [1.82, 2.24) is 4.98 Å². The van der Waals surface area contributed by atoms with Crippen molar-refractivity contribution in [2.24, 2.45) is 0 Å². The van der Waals surface area contributed by atoms with Gasteiger partial charge in [-0.25, -0.2) is 4.79 Å². The number of rotatable bonds is 2. The van der Waals surface area contributed by atoms with E-state index in [9.17, 15) is 9.90 Å². The molecule has 0 spiro atoms. The lowest BCUT2D eigenvalue weighted by Crippen LogP contribution is -1.99. The quantitative estimate of drug-likeness (QED) is 0.725. The number of aliphatic hydroxyl groups excluding tert-OH is 1. The van der Waals surface area contributed by atoms with Crippen molar-refractivity contribution in [3.8, 4) is 0 Å². The van der Waals surface area contributed by atoms with E-state index in [2.05, 4.69) is 4.98 Å². The van der Waals surface area contributed by atoms with Gasteiger partial charge in [-0.15, -0.1) is 0 Å². The van der Waals surface area contributed by atoms with Gasteiger partial charge < -0.3 is 15.2 Å². The highest BCUT2D eigenvalue weighted by Gasteiger charge is 2.13. The molecule has 3 N–H and O–H groups in total. The largest absolute Gasteiger partial charge is 0.478 e. The molecule has 0 bridgehead atoms. The van der Waals surface area contributed by atoms with Crippen molar-refractivity contribution in [1.29, 1.82) is 0 Å². The molecule has 4 heteroatoms. The molecule has 4 nitrogen and oxygen atoms in total. The lowest BCUT2D eigenvalue weighted by atomic mass is 10.0. The third-order valence-electron chi connectivity index (χ3n) is 2.74. The summed E-state index contributed by atoms with van der Waals surface area (Å²) in [7, 11) is 0. The molecule has 0 amide bonds. The van der Waals surface area contributed by atoms with Crippen molar-refractivity contribution < 1.29 is 15.0 Å². The van der Waals surface area contributed by atoms with Crippen molar-refractivity contribution >= 4 is 16.9 Å². The van der Waals surface area contributed by atoms with Gasteiger partial charge >= 0.3 is 5.97 Å². The van der Waals surface area contributed by atoms with Crippen LogP contribution in [0.5, 0.6) is 0 Å². The Labute approximate surface area is 92.5 Å². The average Bonchev–Trinajstić information content (AvgIpc) is 2.58. The Hall–Kier alpha value is -1.81. The Bertz CT molecular complexity index is 555. The number of carbonyl (C=O) groups is 1. The number of aryl methyl sites for hydroxylation is 1. The number of aliphatic hydroxyl groups is 1. The summed E-state index contributed by atoms with van der Waals surface area (Å²) in [5, 5.41) is 19.3. The summed E-state index contributed by atoms with van der Waals surface area (Å²) in [6.07, 6.45) is 1.10. The van der Waals surface area contributed by atoms with E-state index in [1.54, 1.807) is 32.2 Å². The number of benzene rings is 1. The molecule has 0 saturated heterocycles. The van der Waals surface area contributed by atoms with Crippen LogP contribution in [0.4, 0.5) is 0 Å². The van der Waals surface area contributed by atoms with Gasteiger partial charge in [0.15, 0.2) is 0 Å². The average molecular weight is 219 g/mol. The molecule has 16 heavy (non-hydrogen) atoms. The predicted molar refractivity (Wildman–Crippen MR) is 60.6 cm³/mol. The van der Waals surface area contributed by atoms with Crippen LogP contribution in [0.15, 0.2) is 18.3 Å². The SMILES string of the molecule is Cc1cc2[nH]cc(C(C)O)c2cc1C(=O)O. The van der Waals surface area contributed by atoms with Gasteiger partial charge in [0, 0.05) is 22.7 Å². The van der Waals surface area contributed by atoms with E-state index < -0.39 is 12.1 Å². The minimum absolute atomic E-state index is 0.272. The summed E-state index contributed by atoms with van der Waals surface area (Å²) in [6, 6.07) is 3.39. The van der Waals surface area contributed by atoms with Crippen LogP contribution in [0, 0.1) is 6.92 Å². The Morgan fingerprint density at radius 2 is 2.12 bits per heavy atom. The molecular weight excluding hydrogens is 206 g/mol. The van der Waals surface area contributed by atoms with Gasteiger partial charge in [0.25, 0.3) is 0 Å². The summed E-state index contributed by atoms with van der Waals surface area (Å²) >= 11 is 0. The normalized spacial score (nSPS) is 12.9. The van der Waals surface area contributed by atoms with E-state index in [4.69, 9.17) is 5.11 Å². The van der Waals surface area contributed by atoms with Crippen molar-refractivity contribution in [2.45, 2.75) is 20.0 Å². The van der Waals surface area contributed by atoms with Gasteiger partial charge in [-0.1, -0.05) is 0 Å². The second-order valence-electron chi connectivity index (χ2n) is 3.94. The molecule has 0 aliphatic heterocycles. The lowest BCUT2D eigenvalue weighted by molar-refractivity contribution is 0.0696. The number of H-pyrrole nitrogens is 1. The number of carboxylic acids is 1. The highest BCUT2D eigenvalue weighted by atomic mass is 16.4. The standard InChI is InChI=1S/C12H13NO3/c1-6-3-11-9(4-8(6)12(15)16)10(5-13-11)7(2)14/h3-5,7,13-14H,1-2H3,(H,15,16). The lowest BCUT2D eigenvalue weighted by Gasteiger charge is -2.04. The molecule has 84 valence electrons. The molecule has 0 aliphatic rings.